The summed E-state index contributed by atoms with van der Waals surface area (Å²) in [5.74, 6) is 2.75. The molecule has 4 aliphatic carbocycles. The Labute approximate surface area is 151 Å². The van der Waals surface area contributed by atoms with Gasteiger partial charge in [0.05, 0.1) is 0 Å². The standard InChI is InChI=1S/C22H30N2O/c1-15-3-5-17(6-4-15)7-8-23-21(25)24-16(2)22-12-18-9-19(13-22)11-20(10-18)14-22/h3-8,16,18-20H,9-14H2,1-2H3,(H2,23,24,25)/b8-7+. The van der Waals surface area contributed by atoms with Crippen LogP contribution in [-0.4, -0.2) is 12.1 Å². The minimum absolute atomic E-state index is 0.0772. The maximum Gasteiger partial charge on any atom is 0.318 e. The van der Waals surface area contributed by atoms with Gasteiger partial charge in [0, 0.05) is 12.2 Å². The highest BCUT2D eigenvalue weighted by Crippen LogP contribution is 2.61. The maximum atomic E-state index is 12.3. The molecule has 1 aromatic carbocycles. The number of hydrogen-bond donors (Lipinski definition) is 2. The first-order valence-electron chi connectivity index (χ1n) is 9.83. The third kappa shape index (κ3) is 3.47. The second-order valence-corrected chi connectivity index (χ2v) is 8.86. The lowest BCUT2D eigenvalue weighted by atomic mass is 9.48. The fourth-order valence-electron chi connectivity index (χ4n) is 5.99. The molecule has 4 saturated carbocycles. The van der Waals surface area contributed by atoms with E-state index in [4.69, 9.17) is 0 Å². The van der Waals surface area contributed by atoms with Crippen molar-refractivity contribution in [1.29, 1.82) is 0 Å². The quantitative estimate of drug-likeness (QED) is 0.808. The summed E-state index contributed by atoms with van der Waals surface area (Å²) in [6.07, 6.45) is 12.0. The van der Waals surface area contributed by atoms with E-state index in [-0.39, 0.29) is 12.1 Å². The average Bonchev–Trinajstić information content (AvgIpc) is 2.55. The van der Waals surface area contributed by atoms with Crippen LogP contribution >= 0.6 is 0 Å². The van der Waals surface area contributed by atoms with Gasteiger partial charge < -0.3 is 10.6 Å². The summed E-state index contributed by atoms with van der Waals surface area (Å²) >= 11 is 0. The molecule has 3 nitrogen and oxygen atoms in total. The van der Waals surface area contributed by atoms with Crippen molar-refractivity contribution in [3.8, 4) is 0 Å². The molecule has 0 spiro atoms. The Bertz CT molecular complexity index is 626. The van der Waals surface area contributed by atoms with Gasteiger partial charge in [0.1, 0.15) is 0 Å². The zero-order valence-electron chi connectivity index (χ0n) is 15.4. The minimum Gasteiger partial charge on any atom is -0.335 e. The fourth-order valence-corrected chi connectivity index (χ4v) is 5.99. The predicted octanol–water partition coefficient (Wildman–Crippen LogP) is 4.87. The van der Waals surface area contributed by atoms with Gasteiger partial charge >= 0.3 is 6.03 Å². The minimum atomic E-state index is -0.0772. The van der Waals surface area contributed by atoms with Crippen LogP contribution in [0.3, 0.4) is 0 Å². The molecule has 4 bridgehead atoms. The van der Waals surface area contributed by atoms with Gasteiger partial charge in [0.25, 0.3) is 0 Å². The molecule has 0 radical (unpaired) electrons. The van der Waals surface area contributed by atoms with Gasteiger partial charge in [-0.2, -0.15) is 0 Å². The van der Waals surface area contributed by atoms with E-state index in [1.807, 2.05) is 6.08 Å². The van der Waals surface area contributed by atoms with E-state index in [2.05, 4.69) is 48.7 Å². The monoisotopic (exact) mass is 338 g/mol. The number of aryl methyl sites for hydroxylation is 1. The smallest absolute Gasteiger partial charge is 0.318 e. The number of hydrogen-bond acceptors (Lipinski definition) is 1. The molecule has 25 heavy (non-hydrogen) atoms. The molecule has 1 atom stereocenters. The molecule has 0 aliphatic heterocycles. The number of carbonyl (C=O) groups excluding carboxylic acids is 1. The lowest BCUT2D eigenvalue weighted by Gasteiger charge is -2.59. The molecular formula is C22H30N2O. The lowest BCUT2D eigenvalue weighted by Crippen LogP contribution is -2.56. The average molecular weight is 338 g/mol. The summed E-state index contributed by atoms with van der Waals surface area (Å²) in [5.41, 5.74) is 2.69. The number of rotatable bonds is 4. The van der Waals surface area contributed by atoms with Crippen molar-refractivity contribution in [1.82, 2.24) is 10.6 Å². The zero-order chi connectivity index (χ0) is 17.4. The molecule has 2 N–H and O–H groups in total. The molecule has 0 aromatic heterocycles. The number of amides is 2. The summed E-state index contributed by atoms with van der Waals surface area (Å²) in [6.45, 7) is 4.29. The van der Waals surface area contributed by atoms with E-state index >= 15 is 0 Å². The van der Waals surface area contributed by atoms with Crippen LogP contribution in [0, 0.1) is 30.1 Å². The summed E-state index contributed by atoms with van der Waals surface area (Å²) in [7, 11) is 0. The molecule has 1 unspecified atom stereocenters. The Morgan fingerprint density at radius 3 is 2.20 bits per heavy atom. The third-order valence-electron chi connectivity index (χ3n) is 6.92. The van der Waals surface area contributed by atoms with Gasteiger partial charge in [-0.1, -0.05) is 29.8 Å². The van der Waals surface area contributed by atoms with Crippen LogP contribution in [0.1, 0.15) is 56.6 Å². The number of nitrogens with one attached hydrogen (secondary N) is 2. The lowest BCUT2D eigenvalue weighted by molar-refractivity contribution is -0.0681. The van der Waals surface area contributed by atoms with Crippen LogP contribution in [0.25, 0.3) is 6.08 Å². The van der Waals surface area contributed by atoms with Crippen LogP contribution < -0.4 is 10.6 Å². The molecule has 4 fully saturated rings. The first kappa shape index (κ1) is 16.7. The highest BCUT2D eigenvalue weighted by Gasteiger charge is 2.53. The SMILES string of the molecule is Cc1ccc(/C=C/NC(=O)NC(C)C23CC4CC(CC(C4)C2)C3)cc1. The van der Waals surface area contributed by atoms with E-state index in [1.54, 1.807) is 6.20 Å². The first-order chi connectivity index (χ1) is 12.0. The highest BCUT2D eigenvalue weighted by molar-refractivity contribution is 5.76. The van der Waals surface area contributed by atoms with Gasteiger partial charge in [-0.3, -0.25) is 0 Å². The van der Waals surface area contributed by atoms with E-state index in [0.29, 0.717) is 5.41 Å². The molecule has 4 aliphatic rings. The van der Waals surface area contributed by atoms with Crippen molar-refractivity contribution in [2.75, 3.05) is 0 Å². The third-order valence-corrected chi connectivity index (χ3v) is 6.92. The van der Waals surface area contributed by atoms with E-state index in [9.17, 15) is 4.79 Å². The van der Waals surface area contributed by atoms with Crippen molar-refractivity contribution in [2.45, 2.75) is 58.4 Å². The highest BCUT2D eigenvalue weighted by atomic mass is 16.2. The van der Waals surface area contributed by atoms with Crippen LogP contribution in [0.5, 0.6) is 0 Å². The van der Waals surface area contributed by atoms with E-state index in [0.717, 1.165) is 23.3 Å². The van der Waals surface area contributed by atoms with Gasteiger partial charge in [-0.25, -0.2) is 4.79 Å². The van der Waals surface area contributed by atoms with Crippen molar-refractivity contribution in [2.24, 2.45) is 23.2 Å². The molecule has 0 saturated heterocycles. The topological polar surface area (TPSA) is 41.1 Å². The normalized spacial score (nSPS) is 34.2. The summed E-state index contributed by atoms with van der Waals surface area (Å²) < 4.78 is 0. The van der Waals surface area contributed by atoms with Crippen molar-refractivity contribution in [3.05, 3.63) is 41.6 Å². The molecule has 134 valence electrons. The van der Waals surface area contributed by atoms with Gasteiger partial charge in [0.2, 0.25) is 0 Å². The Morgan fingerprint density at radius 2 is 1.64 bits per heavy atom. The predicted molar refractivity (Wildman–Crippen MR) is 102 cm³/mol. The Kier molecular flexibility index (Phi) is 4.35. The molecule has 3 heteroatoms. The number of carbonyl (C=O) groups is 1. The summed E-state index contributed by atoms with van der Waals surface area (Å²) in [4.78, 5) is 12.3. The molecular weight excluding hydrogens is 308 g/mol. The second-order valence-electron chi connectivity index (χ2n) is 8.86. The van der Waals surface area contributed by atoms with Gasteiger partial charge in [0.15, 0.2) is 0 Å². The van der Waals surface area contributed by atoms with Crippen molar-refractivity contribution < 1.29 is 4.79 Å². The van der Waals surface area contributed by atoms with Crippen LogP contribution in [0.4, 0.5) is 4.79 Å². The molecule has 5 rings (SSSR count). The van der Waals surface area contributed by atoms with Gasteiger partial charge in [-0.15, -0.1) is 0 Å². The van der Waals surface area contributed by atoms with E-state index in [1.165, 1.54) is 44.1 Å². The summed E-state index contributed by atoms with van der Waals surface area (Å²) in [5, 5.41) is 6.11. The fraction of sp³-hybridized carbons (Fsp3) is 0.591. The second kappa shape index (κ2) is 6.51. The van der Waals surface area contributed by atoms with Crippen molar-refractivity contribution >= 4 is 12.1 Å². The largest absolute Gasteiger partial charge is 0.335 e. The number of urea groups is 1. The Morgan fingerprint density at radius 1 is 1.08 bits per heavy atom. The molecule has 0 heterocycles. The van der Waals surface area contributed by atoms with Crippen LogP contribution in [0.15, 0.2) is 30.5 Å². The Hall–Kier alpha value is -1.77. The molecule has 1 aromatic rings. The number of benzene rings is 1. The molecule has 2 amide bonds. The first-order valence-corrected chi connectivity index (χ1v) is 9.83. The zero-order valence-corrected chi connectivity index (χ0v) is 15.4. The van der Waals surface area contributed by atoms with Crippen LogP contribution in [0.2, 0.25) is 0 Å². The Balaban J connectivity index is 1.32. The maximum absolute atomic E-state index is 12.3. The summed E-state index contributed by atoms with van der Waals surface area (Å²) in [6, 6.07) is 8.46. The van der Waals surface area contributed by atoms with Crippen LogP contribution in [-0.2, 0) is 0 Å². The van der Waals surface area contributed by atoms with Gasteiger partial charge in [-0.05, 0) is 87.2 Å². The van der Waals surface area contributed by atoms with Crippen molar-refractivity contribution in [3.63, 3.8) is 0 Å². The van der Waals surface area contributed by atoms with E-state index < -0.39 is 0 Å².